The van der Waals surface area contributed by atoms with Crippen molar-refractivity contribution in [2.24, 2.45) is 0 Å². The van der Waals surface area contributed by atoms with Gasteiger partial charge in [0.2, 0.25) is 0 Å². The number of hydrogen-bond acceptors (Lipinski definition) is 5. The molecule has 4 aromatic rings. The van der Waals surface area contributed by atoms with Crippen molar-refractivity contribution in [2.75, 3.05) is 21.2 Å². The predicted molar refractivity (Wildman–Crippen MR) is 153 cm³/mol. The first-order valence-corrected chi connectivity index (χ1v) is 14.0. The largest absolute Gasteiger partial charge is 0.496 e. The molecule has 1 fully saturated rings. The van der Waals surface area contributed by atoms with Crippen LogP contribution in [0, 0.1) is 5.82 Å². The number of nitrogens with zero attached hydrogens (tertiary/aromatic N) is 3. The molecule has 198 valence electrons. The van der Waals surface area contributed by atoms with Crippen molar-refractivity contribution in [3.05, 3.63) is 82.2 Å². The summed E-state index contributed by atoms with van der Waals surface area (Å²) in [6, 6.07) is 15.3. The van der Waals surface area contributed by atoms with Gasteiger partial charge in [0.05, 0.1) is 12.1 Å². The highest BCUT2D eigenvalue weighted by Crippen LogP contribution is 2.39. The van der Waals surface area contributed by atoms with Gasteiger partial charge in [0, 0.05) is 46.7 Å². The summed E-state index contributed by atoms with van der Waals surface area (Å²) in [5.41, 5.74) is 2.97. The molecule has 1 aliphatic rings. The maximum atomic E-state index is 14.6. The Morgan fingerprint density at radius 3 is 2.42 bits per heavy atom. The third-order valence-corrected chi connectivity index (χ3v) is 9.17. The average Bonchev–Trinajstić information content (AvgIpc) is 3.29. The number of pyridine rings is 1. The van der Waals surface area contributed by atoms with Gasteiger partial charge in [-0.05, 0) is 87.3 Å². The molecule has 38 heavy (non-hydrogen) atoms. The van der Waals surface area contributed by atoms with Gasteiger partial charge in [-0.25, -0.2) is 4.39 Å². The van der Waals surface area contributed by atoms with E-state index < -0.39 is 5.82 Å². The van der Waals surface area contributed by atoms with Crippen LogP contribution >= 0.6 is 22.9 Å². The number of benzene rings is 2. The van der Waals surface area contributed by atoms with Crippen LogP contribution in [0.5, 0.6) is 5.75 Å². The zero-order valence-electron chi connectivity index (χ0n) is 21.8. The van der Waals surface area contributed by atoms with Crippen molar-refractivity contribution in [3.8, 4) is 16.9 Å². The van der Waals surface area contributed by atoms with E-state index in [9.17, 15) is 9.18 Å². The van der Waals surface area contributed by atoms with E-state index in [1.54, 1.807) is 31.6 Å². The molecule has 0 radical (unpaired) electrons. The van der Waals surface area contributed by atoms with Crippen molar-refractivity contribution in [3.63, 3.8) is 0 Å². The summed E-state index contributed by atoms with van der Waals surface area (Å²) in [4.78, 5) is 22.9. The van der Waals surface area contributed by atoms with E-state index >= 15 is 0 Å². The summed E-state index contributed by atoms with van der Waals surface area (Å²) in [5, 5.41) is 0.508. The minimum absolute atomic E-state index is 0.0408. The lowest BCUT2D eigenvalue weighted by Crippen LogP contribution is -2.44. The highest BCUT2D eigenvalue weighted by atomic mass is 35.5. The lowest BCUT2D eigenvalue weighted by Gasteiger charge is -2.39. The second-order valence-electron chi connectivity index (χ2n) is 9.98. The summed E-state index contributed by atoms with van der Waals surface area (Å²) in [5.74, 6) is 0.142. The molecule has 0 aliphatic heterocycles. The zero-order valence-corrected chi connectivity index (χ0v) is 23.4. The van der Waals surface area contributed by atoms with Gasteiger partial charge in [-0.2, -0.15) is 0 Å². The maximum absolute atomic E-state index is 14.6. The van der Waals surface area contributed by atoms with Crippen LogP contribution in [-0.4, -0.2) is 54.0 Å². The van der Waals surface area contributed by atoms with Crippen LogP contribution in [-0.2, 0) is 6.54 Å². The summed E-state index contributed by atoms with van der Waals surface area (Å²) < 4.78 is 21.0. The third kappa shape index (κ3) is 5.28. The summed E-state index contributed by atoms with van der Waals surface area (Å²) in [7, 11) is 5.86. The summed E-state index contributed by atoms with van der Waals surface area (Å²) in [6.07, 6.45) is 7.31. The van der Waals surface area contributed by atoms with E-state index in [4.69, 9.17) is 16.3 Å². The molecule has 8 heteroatoms. The number of hydrogen-bond donors (Lipinski definition) is 0. The molecule has 0 atom stereocenters. The molecule has 0 saturated heterocycles. The number of halogens is 2. The molecule has 0 unspecified atom stereocenters. The van der Waals surface area contributed by atoms with Gasteiger partial charge in [0.15, 0.2) is 0 Å². The molecule has 2 aromatic carbocycles. The van der Waals surface area contributed by atoms with Crippen molar-refractivity contribution >= 4 is 38.9 Å². The fourth-order valence-electron chi connectivity index (χ4n) is 5.40. The highest BCUT2D eigenvalue weighted by molar-refractivity contribution is 7.21. The molecule has 1 aliphatic carbocycles. The first-order valence-electron chi connectivity index (χ1n) is 12.8. The Morgan fingerprint density at radius 2 is 1.76 bits per heavy atom. The third-order valence-electron chi connectivity index (χ3n) is 7.53. The first-order chi connectivity index (χ1) is 18.4. The Morgan fingerprint density at radius 1 is 1.05 bits per heavy atom. The number of fused-ring (bicyclic) bond motifs is 1. The number of rotatable bonds is 7. The van der Waals surface area contributed by atoms with E-state index in [0.29, 0.717) is 27.5 Å². The Balaban J connectivity index is 1.54. The molecular formula is C30H31ClFN3O2S. The van der Waals surface area contributed by atoms with Gasteiger partial charge in [-0.15, -0.1) is 11.3 Å². The molecule has 0 spiro atoms. The van der Waals surface area contributed by atoms with Crippen LogP contribution in [0.2, 0.25) is 5.02 Å². The normalized spacial score (nSPS) is 17.6. The lowest BCUT2D eigenvalue weighted by atomic mass is 9.89. The average molecular weight is 552 g/mol. The van der Waals surface area contributed by atoms with Crippen LogP contribution in [0.15, 0.2) is 60.9 Å². The van der Waals surface area contributed by atoms with Crippen molar-refractivity contribution in [2.45, 2.75) is 44.3 Å². The van der Waals surface area contributed by atoms with Gasteiger partial charge >= 0.3 is 0 Å². The van der Waals surface area contributed by atoms with Crippen LogP contribution in [0.4, 0.5) is 4.39 Å². The molecule has 2 heterocycles. The van der Waals surface area contributed by atoms with Crippen molar-refractivity contribution in [1.82, 2.24) is 14.8 Å². The van der Waals surface area contributed by atoms with Crippen LogP contribution in [0.3, 0.4) is 0 Å². The highest BCUT2D eigenvalue weighted by Gasteiger charge is 2.33. The summed E-state index contributed by atoms with van der Waals surface area (Å²) in [6.45, 7) is 0.366. The Bertz CT molecular complexity index is 1430. The lowest BCUT2D eigenvalue weighted by molar-refractivity contribution is 0.0573. The Labute approximate surface area is 231 Å². The predicted octanol–water partition coefficient (Wildman–Crippen LogP) is 7.28. The van der Waals surface area contributed by atoms with Crippen molar-refractivity contribution < 1.29 is 13.9 Å². The Hall–Kier alpha value is -3.00. The standard InChI is InChI=1S/C30H31ClFN3O2S/c1-34(2)22-8-10-23(11-9-22)35(30(36)29-28(31)27-24(32)5-4-6-26(27)38-29)18-21-17-20(7-12-25(21)37-3)19-13-15-33-16-14-19/h4-7,12-17,22-23H,8-11,18H2,1-3H3/t22-,23-. The number of thiophene rings is 1. The van der Waals surface area contributed by atoms with E-state index in [2.05, 4.69) is 30.0 Å². The molecule has 2 aromatic heterocycles. The van der Waals surface area contributed by atoms with Gasteiger partial charge in [0.25, 0.3) is 5.91 Å². The molecular weight excluding hydrogens is 521 g/mol. The number of aromatic nitrogens is 1. The van der Waals surface area contributed by atoms with Crippen LogP contribution in [0.1, 0.15) is 40.9 Å². The number of carbonyl (C=O) groups excluding carboxylic acids is 1. The molecule has 0 bridgehead atoms. The van der Waals surface area contributed by atoms with E-state index in [0.717, 1.165) is 48.1 Å². The topological polar surface area (TPSA) is 45.7 Å². The first kappa shape index (κ1) is 26.6. The molecule has 1 amide bonds. The molecule has 0 N–H and O–H groups in total. The van der Waals surface area contributed by atoms with Gasteiger partial charge in [-0.3, -0.25) is 9.78 Å². The van der Waals surface area contributed by atoms with Gasteiger partial charge < -0.3 is 14.5 Å². The summed E-state index contributed by atoms with van der Waals surface area (Å²) >= 11 is 7.91. The minimum atomic E-state index is -0.410. The molecule has 5 nitrogen and oxygen atoms in total. The van der Waals surface area contributed by atoms with Crippen LogP contribution in [0.25, 0.3) is 21.2 Å². The Kier molecular flexibility index (Phi) is 7.98. The maximum Gasteiger partial charge on any atom is 0.266 e. The fourth-order valence-corrected chi connectivity index (χ4v) is 6.91. The van der Waals surface area contributed by atoms with Crippen molar-refractivity contribution in [1.29, 1.82) is 0 Å². The minimum Gasteiger partial charge on any atom is -0.496 e. The van der Waals surface area contributed by atoms with E-state index in [1.165, 1.54) is 17.4 Å². The number of amides is 1. The molecule has 1 saturated carbocycles. The van der Waals surface area contributed by atoms with Gasteiger partial charge in [0.1, 0.15) is 16.4 Å². The SMILES string of the molecule is COc1ccc(-c2ccncc2)cc1CN(C(=O)c1sc2cccc(F)c2c1Cl)[C@H]1CC[C@H](N(C)C)CC1. The second kappa shape index (κ2) is 11.4. The second-order valence-corrected chi connectivity index (χ2v) is 11.4. The number of methoxy groups -OCH3 is 1. The smallest absolute Gasteiger partial charge is 0.266 e. The monoisotopic (exact) mass is 551 g/mol. The van der Waals surface area contributed by atoms with E-state index in [-0.39, 0.29) is 17.0 Å². The van der Waals surface area contributed by atoms with E-state index in [1.807, 2.05) is 29.2 Å². The fraction of sp³-hybridized carbons (Fsp3) is 0.333. The van der Waals surface area contributed by atoms with Gasteiger partial charge in [-0.1, -0.05) is 23.7 Å². The quantitative estimate of drug-likeness (QED) is 0.242. The number of ether oxygens (including phenoxy) is 1. The number of carbonyl (C=O) groups is 1. The van der Waals surface area contributed by atoms with Crippen LogP contribution < -0.4 is 4.74 Å². The zero-order chi connectivity index (χ0) is 26.8. The molecule has 5 rings (SSSR count).